The van der Waals surface area contributed by atoms with Gasteiger partial charge in [0.25, 0.3) is 0 Å². The Kier molecular flexibility index (Phi) is 14.1. The van der Waals surface area contributed by atoms with Crippen LogP contribution in [-0.2, 0) is 42.6 Å². The molecule has 0 spiro atoms. The molecule has 0 amide bonds. The molecule has 0 aromatic heterocycles. The van der Waals surface area contributed by atoms with Crippen LogP contribution in [0.3, 0.4) is 0 Å². The first kappa shape index (κ1) is 37.1. The van der Waals surface area contributed by atoms with Crippen LogP contribution in [0.15, 0.2) is 0 Å². The summed E-state index contributed by atoms with van der Waals surface area (Å²) in [5.74, 6) is -2.69. The zero-order valence-corrected chi connectivity index (χ0v) is 24.7. The van der Waals surface area contributed by atoms with E-state index in [0.717, 1.165) is 0 Å². The van der Waals surface area contributed by atoms with E-state index in [1.807, 2.05) is 0 Å². The van der Waals surface area contributed by atoms with Crippen LogP contribution in [0, 0.1) is 0 Å². The summed E-state index contributed by atoms with van der Waals surface area (Å²) in [5.41, 5.74) is 0. The van der Waals surface area contributed by atoms with Crippen molar-refractivity contribution in [2.24, 2.45) is 0 Å². The fourth-order valence-corrected chi connectivity index (χ4v) is 4.87. The maximum absolute atomic E-state index is 11.6. The third-order valence-electron chi connectivity index (χ3n) is 6.46. The minimum absolute atomic E-state index is 0. The summed E-state index contributed by atoms with van der Waals surface area (Å²) in [7, 11) is -5.38. The van der Waals surface area contributed by atoms with Crippen LogP contribution in [0.1, 0.15) is 0 Å². The molecule has 3 fully saturated rings. The van der Waals surface area contributed by atoms with Gasteiger partial charge in [-0.3, -0.25) is 0 Å². The van der Waals surface area contributed by atoms with E-state index >= 15 is 0 Å². The third kappa shape index (κ3) is 7.56. The second-order valence-electron chi connectivity index (χ2n) is 8.92. The quantitative estimate of drug-likeness (QED) is 0.0570. The number of hydrogen-bond donors (Lipinski definition) is 10. The van der Waals surface area contributed by atoms with Crippen molar-refractivity contribution >= 4 is 10.4 Å². The van der Waals surface area contributed by atoms with Gasteiger partial charge in [0.05, 0.1) is 19.8 Å². The molecule has 0 aliphatic carbocycles. The number of hydrogen-bond acceptors (Lipinski definition) is 20. The van der Waals surface area contributed by atoms with Gasteiger partial charge in [0.1, 0.15) is 67.6 Å². The van der Waals surface area contributed by atoms with Gasteiger partial charge in [-0.15, -0.1) is 0 Å². The Hall–Kier alpha value is 0.866. The molecule has 3 saturated heterocycles. The molecule has 0 unspecified atom stereocenters. The molecule has 22 heteroatoms. The van der Waals surface area contributed by atoms with Gasteiger partial charge in [0, 0.05) is 0 Å². The maximum Gasteiger partial charge on any atom is 1.00 e. The topological polar surface area (TPSA) is 324 Å². The fraction of sp³-hybridized carbons (Fsp3) is 1.00. The average molecular weight is 639 g/mol. The Balaban J connectivity index is 0.00000560. The van der Waals surface area contributed by atoms with Crippen molar-refractivity contribution in [2.75, 3.05) is 26.4 Å². The molecule has 0 bridgehead atoms. The second-order valence-corrected chi connectivity index (χ2v) is 10.1. The van der Waals surface area contributed by atoms with Gasteiger partial charge in [-0.1, -0.05) is 0 Å². The summed E-state index contributed by atoms with van der Waals surface area (Å²) < 4.78 is 57.5. The number of ether oxygens (including phenoxy) is 5. The van der Waals surface area contributed by atoms with Crippen LogP contribution < -0.4 is 56.6 Å². The van der Waals surface area contributed by atoms with E-state index in [1.165, 1.54) is 0 Å². The SMILES string of the molecule is O=S(=O)(O[O-])O[C@H]1[C@@H](O[C@]2(CO)O[C@H](CO)[C@@H](O)[C@@H]2O[C@H]2O[C@H](CO)[C@@H](O)[C@H](O)[C@H]2O)O[C@H](CO)[C@@H](O)[C@@H]1O.[K+]. The van der Waals surface area contributed by atoms with E-state index in [9.17, 15) is 64.7 Å². The van der Waals surface area contributed by atoms with Gasteiger partial charge < -0.3 is 84.3 Å². The Morgan fingerprint density at radius 1 is 0.725 bits per heavy atom. The van der Waals surface area contributed by atoms with E-state index in [-0.39, 0.29) is 51.4 Å². The first-order valence-electron chi connectivity index (χ1n) is 11.4. The summed E-state index contributed by atoms with van der Waals surface area (Å²) in [6.45, 7) is -4.08. The molecule has 230 valence electrons. The molecule has 3 heterocycles. The smallest absolute Gasteiger partial charge is 0.705 e. The van der Waals surface area contributed by atoms with Crippen LogP contribution >= 0.6 is 0 Å². The summed E-state index contributed by atoms with van der Waals surface area (Å²) in [6, 6.07) is 0. The number of aliphatic hydroxyl groups excluding tert-OH is 10. The fourth-order valence-electron chi connectivity index (χ4n) is 4.36. The summed E-state index contributed by atoms with van der Waals surface area (Å²) in [4.78, 5) is 0. The average Bonchev–Trinajstić information content (AvgIpc) is 3.18. The van der Waals surface area contributed by atoms with Gasteiger partial charge in [-0.05, 0) is 0 Å². The van der Waals surface area contributed by atoms with Gasteiger partial charge in [0.2, 0.25) is 5.79 Å². The summed E-state index contributed by atoms with van der Waals surface area (Å²) in [6.07, 6.45) is -25.2. The minimum atomic E-state index is -5.38. The van der Waals surface area contributed by atoms with E-state index in [2.05, 4.69) is 8.52 Å². The molecule has 3 aliphatic rings. The molecule has 14 atom stereocenters. The molecular formula is C18H31KO20S. The van der Waals surface area contributed by atoms with Crippen molar-refractivity contribution in [1.82, 2.24) is 0 Å². The monoisotopic (exact) mass is 638 g/mol. The van der Waals surface area contributed by atoms with Crippen molar-refractivity contribution in [3.8, 4) is 0 Å². The third-order valence-corrected chi connectivity index (χ3v) is 7.08. The maximum atomic E-state index is 11.6. The predicted molar refractivity (Wildman–Crippen MR) is 110 cm³/mol. The van der Waals surface area contributed by atoms with Crippen molar-refractivity contribution in [2.45, 2.75) is 85.5 Å². The molecule has 20 nitrogen and oxygen atoms in total. The minimum Gasteiger partial charge on any atom is -0.705 e. The van der Waals surface area contributed by atoms with Gasteiger partial charge in [-0.25, -0.2) is 4.18 Å². The molecule has 3 rings (SSSR count). The van der Waals surface area contributed by atoms with Crippen LogP contribution in [-0.4, -0.2) is 171 Å². The summed E-state index contributed by atoms with van der Waals surface area (Å²) in [5, 5.41) is 111. The largest absolute Gasteiger partial charge is 1.00 e. The van der Waals surface area contributed by atoms with Crippen molar-refractivity contribution in [1.29, 1.82) is 0 Å². The van der Waals surface area contributed by atoms with Crippen LogP contribution in [0.25, 0.3) is 0 Å². The Morgan fingerprint density at radius 3 is 1.75 bits per heavy atom. The molecule has 3 aliphatic heterocycles. The van der Waals surface area contributed by atoms with Crippen LogP contribution in [0.5, 0.6) is 0 Å². The molecule has 40 heavy (non-hydrogen) atoms. The molecule has 0 aromatic carbocycles. The zero-order chi connectivity index (χ0) is 29.3. The van der Waals surface area contributed by atoms with Gasteiger partial charge in [-0.2, -0.15) is 8.42 Å². The predicted octanol–water partition coefficient (Wildman–Crippen LogP) is -12.0. The van der Waals surface area contributed by atoms with Crippen molar-refractivity contribution < 1.29 is 148 Å². The Bertz CT molecular complexity index is 897. The van der Waals surface area contributed by atoms with Crippen molar-refractivity contribution in [3.05, 3.63) is 0 Å². The molecule has 0 saturated carbocycles. The van der Waals surface area contributed by atoms with Gasteiger partial charge >= 0.3 is 61.8 Å². The van der Waals surface area contributed by atoms with E-state index in [0.29, 0.717) is 0 Å². The first-order valence-corrected chi connectivity index (χ1v) is 12.7. The Labute approximate surface area is 268 Å². The number of aliphatic hydroxyl groups is 10. The van der Waals surface area contributed by atoms with Gasteiger partial charge in [0.15, 0.2) is 18.7 Å². The Morgan fingerprint density at radius 2 is 1.25 bits per heavy atom. The van der Waals surface area contributed by atoms with Crippen LogP contribution in [0.2, 0.25) is 0 Å². The summed E-state index contributed by atoms with van der Waals surface area (Å²) >= 11 is 0. The molecule has 0 radical (unpaired) electrons. The van der Waals surface area contributed by atoms with E-state index < -0.39 is 122 Å². The standard InChI is InChI=1S/C18H32O20S.K/c19-1-5-8(23)11(26)13(28)16(32-5)34-15-10(25)7(3-21)35-18(15,4-22)36-17-14(37-39(30,31)38-29)12(27)9(24)6(2-20)33-17;/h5-17,19-29H,1-4H2;/q;+1/p-1/t5-,6-,7-,8-,9-,10-,11+,12+,13-,14-,15+,16-,17-,18+;/m1./s1. The van der Waals surface area contributed by atoms with E-state index in [4.69, 9.17) is 23.7 Å². The molecule has 10 N–H and O–H groups in total. The molecular weight excluding hydrogens is 607 g/mol. The second kappa shape index (κ2) is 15.2. The molecule has 0 aromatic rings. The van der Waals surface area contributed by atoms with E-state index in [1.54, 1.807) is 0 Å². The normalized spacial score (nSPS) is 46.2. The zero-order valence-electron chi connectivity index (χ0n) is 20.8. The first-order chi connectivity index (χ1) is 18.3. The van der Waals surface area contributed by atoms with Crippen LogP contribution in [0.4, 0.5) is 0 Å². The number of rotatable bonds is 11. The van der Waals surface area contributed by atoms with Crippen molar-refractivity contribution in [3.63, 3.8) is 0 Å².